The van der Waals surface area contributed by atoms with Gasteiger partial charge in [-0.2, -0.15) is 0 Å². The highest BCUT2D eigenvalue weighted by molar-refractivity contribution is 5.89. The Bertz CT molecular complexity index is 704. The molecule has 0 bridgehead atoms. The molecule has 2 rings (SSSR count). The van der Waals surface area contributed by atoms with Crippen molar-refractivity contribution in [2.24, 2.45) is 5.41 Å². The van der Waals surface area contributed by atoms with Gasteiger partial charge in [0.1, 0.15) is 11.9 Å². The van der Waals surface area contributed by atoms with E-state index >= 15 is 0 Å². The molecule has 1 unspecified atom stereocenters. The van der Waals surface area contributed by atoms with Gasteiger partial charge in [-0.3, -0.25) is 0 Å². The SMILES string of the molecule is C/C1=C\[C@@H](O)C(C)(C)CCC[C@@](C)(O)[C@H](O)CC1OC(=O)c1ccc(O)cc1. The van der Waals surface area contributed by atoms with Gasteiger partial charge in [-0.25, -0.2) is 4.79 Å². The van der Waals surface area contributed by atoms with Crippen LogP contribution < -0.4 is 0 Å². The number of hydrogen-bond acceptors (Lipinski definition) is 6. The van der Waals surface area contributed by atoms with Crippen molar-refractivity contribution < 1.29 is 30.0 Å². The molecule has 1 aromatic carbocycles. The topological polar surface area (TPSA) is 107 Å². The molecule has 0 amide bonds. The standard InChI is InChI=1S/C22H32O6/c1-14-12-18(24)21(2,3)10-5-11-22(4,27)19(25)13-17(14)28-20(26)15-6-8-16(23)9-7-15/h6-9,12,17-19,23-25,27H,5,10-11,13H2,1-4H3/b14-12+/t17?,18-,19-,22-/m1/s1. The molecule has 1 aliphatic carbocycles. The van der Waals surface area contributed by atoms with Gasteiger partial charge in [-0.1, -0.05) is 19.9 Å². The second kappa shape index (κ2) is 8.64. The number of esters is 1. The average molecular weight is 392 g/mol. The molecule has 0 fully saturated rings. The molecule has 0 spiro atoms. The predicted octanol–water partition coefficient (Wildman–Crippen LogP) is 2.94. The summed E-state index contributed by atoms with van der Waals surface area (Å²) in [4.78, 5) is 12.5. The maximum atomic E-state index is 12.5. The molecular weight excluding hydrogens is 360 g/mol. The summed E-state index contributed by atoms with van der Waals surface area (Å²) >= 11 is 0. The summed E-state index contributed by atoms with van der Waals surface area (Å²) in [6, 6.07) is 5.68. The molecule has 1 aromatic rings. The van der Waals surface area contributed by atoms with Crippen molar-refractivity contribution in [2.75, 3.05) is 0 Å². The fraction of sp³-hybridized carbons (Fsp3) is 0.591. The number of hydrogen-bond donors (Lipinski definition) is 4. The number of ether oxygens (including phenoxy) is 1. The zero-order chi connectivity index (χ0) is 21.1. The highest BCUT2D eigenvalue weighted by atomic mass is 16.5. The van der Waals surface area contributed by atoms with Crippen LogP contribution in [0, 0.1) is 5.41 Å². The summed E-state index contributed by atoms with van der Waals surface area (Å²) in [5, 5.41) is 41.3. The van der Waals surface area contributed by atoms with Gasteiger partial charge in [-0.05, 0) is 68.4 Å². The number of phenols is 1. The van der Waals surface area contributed by atoms with Crippen LogP contribution in [0.3, 0.4) is 0 Å². The molecule has 0 saturated carbocycles. The number of aliphatic hydroxyl groups excluding tert-OH is 2. The molecule has 0 radical (unpaired) electrons. The molecule has 156 valence electrons. The van der Waals surface area contributed by atoms with Crippen LogP contribution in [0.5, 0.6) is 5.75 Å². The third-order valence-electron chi connectivity index (χ3n) is 5.74. The maximum Gasteiger partial charge on any atom is 0.338 e. The number of aliphatic hydroxyl groups is 3. The van der Waals surface area contributed by atoms with Crippen LogP contribution in [0.2, 0.25) is 0 Å². The molecule has 4 atom stereocenters. The monoisotopic (exact) mass is 392 g/mol. The molecule has 1 aliphatic rings. The summed E-state index contributed by atoms with van der Waals surface area (Å²) in [6.45, 7) is 7.22. The van der Waals surface area contributed by atoms with E-state index in [9.17, 15) is 25.2 Å². The Labute approximate surface area is 166 Å². The summed E-state index contributed by atoms with van der Waals surface area (Å²) in [7, 11) is 0. The van der Waals surface area contributed by atoms with Gasteiger partial charge in [-0.15, -0.1) is 0 Å². The Hall–Kier alpha value is -1.89. The maximum absolute atomic E-state index is 12.5. The zero-order valence-electron chi connectivity index (χ0n) is 17.1. The normalized spacial score (nSPS) is 33.2. The van der Waals surface area contributed by atoms with Gasteiger partial charge in [0.05, 0.1) is 23.4 Å². The van der Waals surface area contributed by atoms with Gasteiger partial charge >= 0.3 is 5.97 Å². The molecule has 0 saturated heterocycles. The Balaban J connectivity index is 2.31. The molecule has 0 aromatic heterocycles. The van der Waals surface area contributed by atoms with E-state index < -0.39 is 35.3 Å². The second-order valence-corrected chi connectivity index (χ2v) is 8.75. The van der Waals surface area contributed by atoms with Crippen molar-refractivity contribution in [3.05, 3.63) is 41.5 Å². The number of carbonyl (C=O) groups is 1. The van der Waals surface area contributed by atoms with Crippen LogP contribution in [0.25, 0.3) is 0 Å². The van der Waals surface area contributed by atoms with E-state index in [0.717, 1.165) is 0 Å². The average Bonchev–Trinajstić information content (AvgIpc) is 2.60. The quantitative estimate of drug-likeness (QED) is 0.455. The fourth-order valence-electron chi connectivity index (χ4n) is 3.38. The molecule has 0 aliphatic heterocycles. The van der Waals surface area contributed by atoms with Crippen LogP contribution in [0.15, 0.2) is 35.9 Å². The molecular formula is C22H32O6. The highest BCUT2D eigenvalue weighted by Gasteiger charge is 2.36. The Morgan fingerprint density at radius 3 is 2.32 bits per heavy atom. The van der Waals surface area contributed by atoms with Crippen molar-refractivity contribution in [1.29, 1.82) is 0 Å². The summed E-state index contributed by atoms with van der Waals surface area (Å²) in [5.41, 5.74) is -0.862. The van der Waals surface area contributed by atoms with E-state index in [1.807, 2.05) is 13.8 Å². The highest BCUT2D eigenvalue weighted by Crippen LogP contribution is 2.34. The lowest BCUT2D eigenvalue weighted by molar-refractivity contribution is -0.0847. The van der Waals surface area contributed by atoms with Gasteiger partial charge in [0.25, 0.3) is 0 Å². The van der Waals surface area contributed by atoms with E-state index in [2.05, 4.69) is 0 Å². The number of carbonyl (C=O) groups excluding carboxylic acids is 1. The Morgan fingerprint density at radius 1 is 1.11 bits per heavy atom. The second-order valence-electron chi connectivity index (χ2n) is 8.75. The van der Waals surface area contributed by atoms with Crippen molar-refractivity contribution in [1.82, 2.24) is 0 Å². The lowest BCUT2D eigenvalue weighted by Gasteiger charge is -2.32. The van der Waals surface area contributed by atoms with Crippen molar-refractivity contribution >= 4 is 5.97 Å². The molecule has 6 nitrogen and oxygen atoms in total. The number of benzene rings is 1. The first-order chi connectivity index (χ1) is 12.9. The van der Waals surface area contributed by atoms with Crippen LogP contribution in [0.1, 0.15) is 63.7 Å². The molecule has 0 heterocycles. The van der Waals surface area contributed by atoms with E-state index in [1.54, 1.807) is 19.9 Å². The van der Waals surface area contributed by atoms with Crippen molar-refractivity contribution in [2.45, 2.75) is 77.3 Å². The Morgan fingerprint density at radius 2 is 1.71 bits per heavy atom. The first kappa shape index (κ1) is 22.4. The zero-order valence-corrected chi connectivity index (χ0v) is 17.1. The number of aromatic hydroxyl groups is 1. The van der Waals surface area contributed by atoms with E-state index in [4.69, 9.17) is 4.74 Å². The smallest absolute Gasteiger partial charge is 0.338 e. The van der Waals surface area contributed by atoms with Gasteiger partial charge < -0.3 is 25.2 Å². The summed E-state index contributed by atoms with van der Waals surface area (Å²) < 4.78 is 5.61. The lowest BCUT2D eigenvalue weighted by Crippen LogP contribution is -2.42. The van der Waals surface area contributed by atoms with E-state index in [1.165, 1.54) is 24.3 Å². The third kappa shape index (κ3) is 5.56. The lowest BCUT2D eigenvalue weighted by atomic mass is 9.79. The van der Waals surface area contributed by atoms with E-state index in [0.29, 0.717) is 24.8 Å². The fourth-order valence-corrected chi connectivity index (χ4v) is 3.38. The summed E-state index contributed by atoms with van der Waals surface area (Å²) in [5.74, 6) is -0.562. The minimum atomic E-state index is -1.32. The summed E-state index contributed by atoms with van der Waals surface area (Å²) in [6.07, 6.45) is 0.758. The van der Waals surface area contributed by atoms with Crippen LogP contribution in [-0.4, -0.2) is 50.3 Å². The van der Waals surface area contributed by atoms with Crippen LogP contribution >= 0.6 is 0 Å². The van der Waals surface area contributed by atoms with Crippen molar-refractivity contribution in [3.63, 3.8) is 0 Å². The minimum absolute atomic E-state index is 0.0201. The van der Waals surface area contributed by atoms with Crippen LogP contribution in [0.4, 0.5) is 0 Å². The van der Waals surface area contributed by atoms with Gasteiger partial charge in [0, 0.05) is 6.42 Å². The first-order valence-corrected chi connectivity index (χ1v) is 9.69. The van der Waals surface area contributed by atoms with Gasteiger partial charge in [0.2, 0.25) is 0 Å². The first-order valence-electron chi connectivity index (χ1n) is 9.69. The van der Waals surface area contributed by atoms with E-state index in [-0.39, 0.29) is 17.7 Å². The molecule has 6 heteroatoms. The Kier molecular flexibility index (Phi) is 6.91. The molecule has 4 N–H and O–H groups in total. The van der Waals surface area contributed by atoms with Crippen molar-refractivity contribution in [3.8, 4) is 5.75 Å². The third-order valence-corrected chi connectivity index (χ3v) is 5.74. The predicted molar refractivity (Wildman–Crippen MR) is 106 cm³/mol. The number of phenolic OH excluding ortho intramolecular Hbond substituents is 1. The largest absolute Gasteiger partial charge is 0.508 e. The van der Waals surface area contributed by atoms with Crippen LogP contribution in [-0.2, 0) is 4.74 Å². The van der Waals surface area contributed by atoms with Gasteiger partial charge in [0.15, 0.2) is 0 Å². The minimum Gasteiger partial charge on any atom is -0.508 e. The molecule has 28 heavy (non-hydrogen) atoms. The number of rotatable bonds is 2.